The zero-order valence-electron chi connectivity index (χ0n) is 10.2. The van der Waals surface area contributed by atoms with Crippen molar-refractivity contribution in [3.05, 3.63) is 46.3 Å². The van der Waals surface area contributed by atoms with E-state index in [1.165, 1.54) is 0 Å². The molecule has 0 saturated carbocycles. The Morgan fingerprint density at radius 3 is 2.37 bits per heavy atom. The summed E-state index contributed by atoms with van der Waals surface area (Å²) in [6, 6.07) is 0.246. The molecule has 1 aromatic rings. The minimum Gasteiger partial charge on any atom is -0.370 e. The van der Waals surface area contributed by atoms with Crippen molar-refractivity contribution in [1.29, 1.82) is 0 Å². The largest absolute Gasteiger partial charge is 0.370 e. The van der Waals surface area contributed by atoms with Crippen molar-refractivity contribution in [3.8, 4) is 0 Å². The standard InChI is InChI=1S/C13H12F4N2/c1-6-10-2-7(4-19(10)5-18-6)11-12(16)8(14)3-9(15)13(11)17/h3,7,18H,2,4-5H2,1H3/t7-/m0/s1. The molecular formula is C13H12F4N2. The Labute approximate surface area is 107 Å². The van der Waals surface area contributed by atoms with Crippen LogP contribution in [0.2, 0.25) is 0 Å². The van der Waals surface area contributed by atoms with Gasteiger partial charge in [-0.3, -0.25) is 0 Å². The van der Waals surface area contributed by atoms with Crippen LogP contribution in [0, 0.1) is 23.3 Å². The second-order valence-corrected chi connectivity index (χ2v) is 4.91. The number of fused-ring (bicyclic) bond motifs is 1. The summed E-state index contributed by atoms with van der Waals surface area (Å²) in [7, 11) is 0. The summed E-state index contributed by atoms with van der Waals surface area (Å²) in [6.45, 7) is 2.80. The highest BCUT2D eigenvalue weighted by atomic mass is 19.2. The fourth-order valence-electron chi connectivity index (χ4n) is 2.81. The van der Waals surface area contributed by atoms with Gasteiger partial charge < -0.3 is 10.2 Å². The van der Waals surface area contributed by atoms with E-state index in [1.807, 2.05) is 11.8 Å². The van der Waals surface area contributed by atoms with Gasteiger partial charge in [0.15, 0.2) is 23.3 Å². The minimum absolute atomic E-state index is 0.246. The summed E-state index contributed by atoms with van der Waals surface area (Å²) in [4.78, 5) is 1.93. The zero-order chi connectivity index (χ0) is 13.7. The average molecular weight is 272 g/mol. The molecule has 3 rings (SSSR count). The van der Waals surface area contributed by atoms with Crippen LogP contribution in [0.1, 0.15) is 24.8 Å². The van der Waals surface area contributed by atoms with Crippen molar-refractivity contribution in [2.75, 3.05) is 13.2 Å². The summed E-state index contributed by atoms with van der Waals surface area (Å²) >= 11 is 0. The van der Waals surface area contributed by atoms with Gasteiger partial charge in [-0.15, -0.1) is 0 Å². The maximum atomic E-state index is 13.7. The minimum atomic E-state index is -1.34. The first-order valence-corrected chi connectivity index (χ1v) is 6.00. The molecular weight excluding hydrogens is 260 g/mol. The highest BCUT2D eigenvalue weighted by molar-refractivity contribution is 5.32. The Bertz CT molecular complexity index is 556. The first kappa shape index (κ1) is 12.3. The lowest BCUT2D eigenvalue weighted by Crippen LogP contribution is -2.23. The number of hydrogen-bond acceptors (Lipinski definition) is 2. The first-order valence-electron chi connectivity index (χ1n) is 6.00. The number of hydrogen-bond donors (Lipinski definition) is 1. The molecule has 2 aliphatic rings. The molecule has 19 heavy (non-hydrogen) atoms. The fraction of sp³-hybridized carbons (Fsp3) is 0.385. The molecule has 2 aliphatic heterocycles. The third kappa shape index (κ3) is 1.77. The molecule has 1 atom stereocenters. The highest BCUT2D eigenvalue weighted by Crippen LogP contribution is 2.39. The van der Waals surface area contributed by atoms with Crippen molar-refractivity contribution in [1.82, 2.24) is 10.2 Å². The first-order chi connectivity index (χ1) is 8.99. The molecule has 0 radical (unpaired) electrons. The van der Waals surface area contributed by atoms with E-state index in [0.717, 1.165) is 11.4 Å². The van der Waals surface area contributed by atoms with Gasteiger partial charge in [-0.2, -0.15) is 0 Å². The highest BCUT2D eigenvalue weighted by Gasteiger charge is 2.36. The molecule has 0 amide bonds. The predicted octanol–water partition coefficient (Wildman–Crippen LogP) is 2.82. The van der Waals surface area contributed by atoms with Crippen LogP contribution in [0.15, 0.2) is 17.5 Å². The van der Waals surface area contributed by atoms with E-state index in [2.05, 4.69) is 5.32 Å². The number of allylic oxidation sites excluding steroid dienone is 2. The molecule has 2 heterocycles. The van der Waals surface area contributed by atoms with Crippen molar-refractivity contribution in [3.63, 3.8) is 0 Å². The van der Waals surface area contributed by atoms with Crippen LogP contribution < -0.4 is 5.32 Å². The van der Waals surface area contributed by atoms with Crippen LogP contribution in [0.25, 0.3) is 0 Å². The molecule has 1 N–H and O–H groups in total. The SMILES string of the molecule is CC1=C2C[C@H](c3c(F)c(F)cc(F)c3F)CN2CN1. The van der Waals surface area contributed by atoms with Crippen LogP contribution in [0.3, 0.4) is 0 Å². The van der Waals surface area contributed by atoms with Crippen molar-refractivity contribution >= 4 is 0 Å². The molecule has 102 valence electrons. The predicted molar refractivity (Wildman–Crippen MR) is 61.0 cm³/mol. The van der Waals surface area contributed by atoms with Crippen LogP contribution in [0.5, 0.6) is 0 Å². The molecule has 0 aromatic heterocycles. The van der Waals surface area contributed by atoms with E-state index in [1.54, 1.807) is 0 Å². The van der Waals surface area contributed by atoms with E-state index in [0.29, 0.717) is 19.6 Å². The van der Waals surface area contributed by atoms with Crippen LogP contribution in [-0.2, 0) is 0 Å². The van der Waals surface area contributed by atoms with E-state index < -0.39 is 34.8 Å². The van der Waals surface area contributed by atoms with Gasteiger partial charge in [-0.1, -0.05) is 0 Å². The van der Waals surface area contributed by atoms with Gasteiger partial charge in [-0.25, -0.2) is 17.6 Å². The molecule has 6 heteroatoms. The second kappa shape index (κ2) is 4.15. The third-order valence-corrected chi connectivity index (χ3v) is 3.78. The van der Waals surface area contributed by atoms with Gasteiger partial charge in [0.25, 0.3) is 0 Å². The summed E-state index contributed by atoms with van der Waals surface area (Å²) < 4.78 is 53.9. The molecule has 1 aromatic carbocycles. The van der Waals surface area contributed by atoms with E-state index in [9.17, 15) is 17.6 Å². The van der Waals surface area contributed by atoms with Crippen molar-refractivity contribution in [2.24, 2.45) is 0 Å². The lowest BCUT2D eigenvalue weighted by molar-refractivity contribution is 0.383. The summed E-state index contributed by atoms with van der Waals surface area (Å²) in [5, 5.41) is 3.12. The van der Waals surface area contributed by atoms with Crippen LogP contribution >= 0.6 is 0 Å². The molecule has 1 fully saturated rings. The number of halogens is 4. The van der Waals surface area contributed by atoms with Crippen molar-refractivity contribution < 1.29 is 17.6 Å². The van der Waals surface area contributed by atoms with E-state index in [-0.39, 0.29) is 6.07 Å². The second-order valence-electron chi connectivity index (χ2n) is 4.91. The molecule has 1 saturated heterocycles. The third-order valence-electron chi connectivity index (χ3n) is 3.78. The Kier molecular flexibility index (Phi) is 2.69. The number of rotatable bonds is 1. The number of benzene rings is 1. The molecule has 2 nitrogen and oxygen atoms in total. The molecule has 0 unspecified atom stereocenters. The maximum absolute atomic E-state index is 13.7. The smallest absolute Gasteiger partial charge is 0.165 e. The quantitative estimate of drug-likeness (QED) is 0.624. The average Bonchev–Trinajstić information content (AvgIpc) is 2.90. The molecule has 0 spiro atoms. The van der Waals surface area contributed by atoms with Gasteiger partial charge in [-0.05, 0) is 13.3 Å². The molecule has 0 aliphatic carbocycles. The van der Waals surface area contributed by atoms with Gasteiger partial charge >= 0.3 is 0 Å². The molecule has 0 bridgehead atoms. The van der Waals surface area contributed by atoms with E-state index >= 15 is 0 Å². The fourth-order valence-corrected chi connectivity index (χ4v) is 2.81. The zero-order valence-corrected chi connectivity index (χ0v) is 10.2. The Hall–Kier alpha value is -1.72. The summed E-state index contributed by atoms with van der Waals surface area (Å²) in [5.74, 6) is -5.81. The maximum Gasteiger partial charge on any atom is 0.165 e. The summed E-state index contributed by atoms with van der Waals surface area (Å²) in [6.07, 6.45) is 0.384. The monoisotopic (exact) mass is 272 g/mol. The topological polar surface area (TPSA) is 15.3 Å². The van der Waals surface area contributed by atoms with Gasteiger partial charge in [0, 0.05) is 35.5 Å². The number of nitrogens with one attached hydrogen (secondary N) is 1. The Morgan fingerprint density at radius 2 is 1.79 bits per heavy atom. The van der Waals surface area contributed by atoms with Crippen LogP contribution in [0.4, 0.5) is 17.6 Å². The number of nitrogens with zero attached hydrogens (tertiary/aromatic N) is 1. The normalized spacial score (nSPS) is 21.9. The Balaban J connectivity index is 2.03. The van der Waals surface area contributed by atoms with Crippen molar-refractivity contribution in [2.45, 2.75) is 19.3 Å². The summed E-state index contributed by atoms with van der Waals surface area (Å²) in [5.41, 5.74) is 1.42. The Morgan fingerprint density at radius 1 is 1.16 bits per heavy atom. The van der Waals surface area contributed by atoms with Crippen LogP contribution in [-0.4, -0.2) is 18.1 Å². The van der Waals surface area contributed by atoms with Gasteiger partial charge in [0.1, 0.15) is 0 Å². The lowest BCUT2D eigenvalue weighted by atomic mass is 9.95. The lowest BCUT2D eigenvalue weighted by Gasteiger charge is -2.15. The van der Waals surface area contributed by atoms with E-state index in [4.69, 9.17) is 0 Å². The van der Waals surface area contributed by atoms with Gasteiger partial charge in [0.05, 0.1) is 6.67 Å². The van der Waals surface area contributed by atoms with Gasteiger partial charge in [0.2, 0.25) is 0 Å².